The minimum Gasteiger partial charge on any atom is -0.468 e. The normalized spacial score (nSPS) is 11.4. The Bertz CT molecular complexity index is 1780. The Kier molecular flexibility index (Phi) is 7.41. The van der Waals surface area contributed by atoms with Crippen LogP contribution in [0.5, 0.6) is 0 Å². The lowest BCUT2D eigenvalue weighted by atomic mass is 9.98. The summed E-state index contributed by atoms with van der Waals surface area (Å²) in [5, 5.41) is 14.4. The number of hydrogen-bond acceptors (Lipinski definition) is 8. The first-order chi connectivity index (χ1) is 19.3. The van der Waals surface area contributed by atoms with Crippen LogP contribution in [-0.4, -0.2) is 52.4 Å². The largest absolute Gasteiger partial charge is 0.468 e. The quantitative estimate of drug-likeness (QED) is 0.280. The van der Waals surface area contributed by atoms with Gasteiger partial charge in [0.15, 0.2) is 11.2 Å². The van der Waals surface area contributed by atoms with Gasteiger partial charge in [-0.25, -0.2) is 9.78 Å². The van der Waals surface area contributed by atoms with Crippen molar-refractivity contribution in [2.75, 3.05) is 7.11 Å². The Morgan fingerprint density at radius 3 is 2.35 bits per heavy atom. The van der Waals surface area contributed by atoms with Crippen LogP contribution in [-0.2, 0) is 35.6 Å². The molecule has 0 spiro atoms. The third-order valence-corrected chi connectivity index (χ3v) is 6.69. The van der Waals surface area contributed by atoms with Crippen molar-refractivity contribution in [3.05, 3.63) is 80.8 Å². The predicted molar refractivity (Wildman–Crippen MR) is 149 cm³/mol. The van der Waals surface area contributed by atoms with Gasteiger partial charge in [0.25, 0.3) is 5.56 Å². The fourth-order valence-corrected chi connectivity index (χ4v) is 4.82. The van der Waals surface area contributed by atoms with Gasteiger partial charge in [-0.05, 0) is 27.8 Å². The van der Waals surface area contributed by atoms with Gasteiger partial charge in [0.1, 0.15) is 12.4 Å². The van der Waals surface area contributed by atoms with Gasteiger partial charge in [0, 0.05) is 25.1 Å². The number of imidazole rings is 1. The molecule has 12 heteroatoms. The number of esters is 1. The van der Waals surface area contributed by atoms with Crippen LogP contribution in [0, 0.1) is 5.92 Å². The molecule has 0 radical (unpaired) electrons. The van der Waals surface area contributed by atoms with E-state index in [1.165, 1.54) is 16.2 Å². The van der Waals surface area contributed by atoms with Gasteiger partial charge in [-0.15, -0.1) is 10.2 Å². The third kappa shape index (κ3) is 4.95. The first-order valence-electron chi connectivity index (χ1n) is 13.0. The van der Waals surface area contributed by atoms with E-state index >= 15 is 0 Å². The van der Waals surface area contributed by atoms with E-state index < -0.39 is 17.2 Å². The molecule has 0 saturated heterocycles. The van der Waals surface area contributed by atoms with Crippen LogP contribution >= 0.6 is 0 Å². The molecule has 5 rings (SSSR count). The second-order valence-corrected chi connectivity index (χ2v) is 9.87. The average Bonchev–Trinajstić information content (AvgIpc) is 3.62. The van der Waals surface area contributed by atoms with Gasteiger partial charge in [0.05, 0.1) is 7.11 Å². The van der Waals surface area contributed by atoms with Gasteiger partial charge in [-0.3, -0.25) is 18.7 Å². The Morgan fingerprint density at radius 2 is 1.73 bits per heavy atom. The summed E-state index contributed by atoms with van der Waals surface area (Å²) < 4.78 is 9.07. The number of nitrogens with zero attached hydrogens (tertiary/aromatic N) is 7. The lowest BCUT2D eigenvalue weighted by Gasteiger charge is -2.14. The highest BCUT2D eigenvalue weighted by Gasteiger charge is 2.23. The summed E-state index contributed by atoms with van der Waals surface area (Å²) in [6.07, 6.45) is 0.529. The molecule has 2 aromatic carbocycles. The van der Waals surface area contributed by atoms with Crippen LogP contribution in [0.15, 0.2) is 58.1 Å². The molecule has 0 aliphatic heterocycles. The number of rotatable bonds is 9. The van der Waals surface area contributed by atoms with E-state index in [1.807, 2.05) is 73.9 Å². The molecule has 1 N–H and O–H groups in total. The number of aryl methyl sites for hydroxylation is 1. The van der Waals surface area contributed by atoms with Gasteiger partial charge in [-0.2, -0.15) is 5.21 Å². The first kappa shape index (κ1) is 26.7. The van der Waals surface area contributed by atoms with Crippen LogP contribution in [0.1, 0.15) is 32.2 Å². The molecule has 0 amide bonds. The molecule has 3 aromatic heterocycles. The lowest BCUT2D eigenvalue weighted by molar-refractivity contribution is -0.141. The number of aromatic amines is 1. The van der Waals surface area contributed by atoms with Gasteiger partial charge >= 0.3 is 11.7 Å². The molecular weight excluding hydrogens is 512 g/mol. The highest BCUT2D eigenvalue weighted by Crippen LogP contribution is 2.30. The second kappa shape index (κ2) is 11.1. The maximum absolute atomic E-state index is 13.7. The van der Waals surface area contributed by atoms with E-state index in [1.54, 1.807) is 0 Å². The number of tetrazole rings is 1. The van der Waals surface area contributed by atoms with E-state index in [-0.39, 0.29) is 30.2 Å². The minimum atomic E-state index is -0.595. The standard InChI is InChI=1S/C28H30N8O4/c1-5-22-29-26-24(27(38)36(14-17(2)3)28(39)35(26)16-23(37)40-4)34(22)15-18-10-12-19(13-11-18)20-8-6-7-9-21(20)25-30-32-33-31-25/h6-13,17H,5,14-16H2,1-4H3,(H,30,31,32,33). The molecule has 3 heterocycles. The molecule has 40 heavy (non-hydrogen) atoms. The van der Waals surface area contributed by atoms with Crippen LogP contribution in [0.2, 0.25) is 0 Å². The van der Waals surface area contributed by atoms with Crippen molar-refractivity contribution in [2.24, 2.45) is 5.92 Å². The van der Waals surface area contributed by atoms with Crippen molar-refractivity contribution >= 4 is 17.1 Å². The summed E-state index contributed by atoms with van der Waals surface area (Å²) >= 11 is 0. The maximum Gasteiger partial charge on any atom is 0.333 e. The highest BCUT2D eigenvalue weighted by molar-refractivity contribution is 5.80. The molecule has 0 aliphatic rings. The molecule has 12 nitrogen and oxygen atoms in total. The van der Waals surface area contributed by atoms with Crippen LogP contribution < -0.4 is 11.2 Å². The Morgan fingerprint density at radius 1 is 1.00 bits per heavy atom. The van der Waals surface area contributed by atoms with Gasteiger partial charge < -0.3 is 9.30 Å². The molecular formula is C28H30N8O4. The Labute approximate surface area is 229 Å². The number of fused-ring (bicyclic) bond motifs is 1. The minimum absolute atomic E-state index is 0.0410. The predicted octanol–water partition coefficient (Wildman–Crippen LogP) is 2.65. The zero-order valence-electron chi connectivity index (χ0n) is 22.8. The van der Waals surface area contributed by atoms with Crippen molar-refractivity contribution in [3.8, 4) is 22.5 Å². The van der Waals surface area contributed by atoms with Gasteiger partial charge in [-0.1, -0.05) is 69.3 Å². The van der Waals surface area contributed by atoms with Crippen molar-refractivity contribution in [2.45, 2.75) is 46.8 Å². The number of hydrogen-bond donors (Lipinski definition) is 1. The monoisotopic (exact) mass is 542 g/mol. The first-order valence-corrected chi connectivity index (χ1v) is 13.0. The molecule has 206 valence electrons. The number of methoxy groups -OCH3 is 1. The number of carbonyl (C=O) groups excluding carboxylic acids is 1. The zero-order chi connectivity index (χ0) is 28.4. The second-order valence-electron chi connectivity index (χ2n) is 9.87. The SMILES string of the molecule is CCc1nc2c(c(=O)n(CC(C)C)c(=O)n2CC(=O)OC)n1Cc1ccc(-c2ccccc2-c2nn[nH]n2)cc1. The number of nitrogens with one attached hydrogen (secondary N) is 1. The number of H-pyrrole nitrogens is 1. The zero-order valence-corrected chi connectivity index (χ0v) is 22.8. The molecule has 0 aliphatic carbocycles. The number of aromatic nitrogens is 8. The summed E-state index contributed by atoms with van der Waals surface area (Å²) in [4.78, 5) is 43.8. The summed E-state index contributed by atoms with van der Waals surface area (Å²) in [6, 6.07) is 15.8. The summed E-state index contributed by atoms with van der Waals surface area (Å²) in [5.74, 6) is 0.591. The molecule has 0 atom stereocenters. The molecule has 0 fully saturated rings. The Balaban J connectivity index is 1.59. The van der Waals surface area contributed by atoms with E-state index in [2.05, 4.69) is 25.6 Å². The summed E-state index contributed by atoms with van der Waals surface area (Å²) in [7, 11) is 1.26. The maximum atomic E-state index is 13.7. The summed E-state index contributed by atoms with van der Waals surface area (Å²) in [5.41, 5.74) is 3.20. The van der Waals surface area contributed by atoms with Crippen molar-refractivity contribution in [1.82, 2.24) is 39.3 Å². The van der Waals surface area contributed by atoms with Crippen LogP contribution in [0.3, 0.4) is 0 Å². The third-order valence-electron chi connectivity index (χ3n) is 6.69. The van der Waals surface area contributed by atoms with Gasteiger partial charge in [0.2, 0.25) is 5.82 Å². The van der Waals surface area contributed by atoms with E-state index in [0.29, 0.717) is 24.6 Å². The van der Waals surface area contributed by atoms with E-state index in [0.717, 1.165) is 22.3 Å². The van der Waals surface area contributed by atoms with Crippen molar-refractivity contribution in [3.63, 3.8) is 0 Å². The smallest absolute Gasteiger partial charge is 0.333 e. The highest BCUT2D eigenvalue weighted by atomic mass is 16.5. The Hall–Kier alpha value is -4.87. The topological polar surface area (TPSA) is 143 Å². The fourth-order valence-electron chi connectivity index (χ4n) is 4.82. The van der Waals surface area contributed by atoms with Crippen LogP contribution in [0.4, 0.5) is 0 Å². The molecule has 0 saturated carbocycles. The molecule has 5 aromatic rings. The average molecular weight is 543 g/mol. The van der Waals surface area contributed by atoms with E-state index in [9.17, 15) is 14.4 Å². The lowest BCUT2D eigenvalue weighted by Crippen LogP contribution is -2.42. The van der Waals surface area contributed by atoms with Crippen molar-refractivity contribution < 1.29 is 9.53 Å². The van der Waals surface area contributed by atoms with E-state index in [4.69, 9.17) is 4.74 Å². The number of ether oxygens (including phenoxy) is 1. The molecule has 0 bridgehead atoms. The number of benzene rings is 2. The fraction of sp³-hybridized carbons (Fsp3) is 0.321. The number of carbonyl (C=O) groups is 1. The van der Waals surface area contributed by atoms with Crippen molar-refractivity contribution in [1.29, 1.82) is 0 Å². The molecule has 0 unspecified atom stereocenters. The summed E-state index contributed by atoms with van der Waals surface area (Å²) in [6.45, 7) is 6.03. The van der Waals surface area contributed by atoms with Crippen LogP contribution in [0.25, 0.3) is 33.7 Å².